The van der Waals surface area contributed by atoms with Crippen LogP contribution in [-0.2, 0) is 11.3 Å². The van der Waals surface area contributed by atoms with Gasteiger partial charge in [0.1, 0.15) is 5.82 Å². The lowest BCUT2D eigenvalue weighted by Crippen LogP contribution is -2.41. The van der Waals surface area contributed by atoms with Gasteiger partial charge in [-0.05, 0) is 53.9 Å². The minimum Gasteiger partial charge on any atom is -0.375 e. The zero-order valence-electron chi connectivity index (χ0n) is 18.9. The molecule has 2 heterocycles. The number of benzene rings is 2. The van der Waals surface area contributed by atoms with Crippen LogP contribution in [0.4, 0.5) is 5.82 Å². The van der Waals surface area contributed by atoms with Crippen molar-refractivity contribution < 1.29 is 4.74 Å². The van der Waals surface area contributed by atoms with Gasteiger partial charge in [0.25, 0.3) is 0 Å². The molecule has 0 radical (unpaired) electrons. The Bertz CT molecular complexity index is 1060. The fourth-order valence-corrected chi connectivity index (χ4v) is 3.92. The van der Waals surface area contributed by atoms with Gasteiger partial charge < -0.3 is 20.3 Å². The van der Waals surface area contributed by atoms with E-state index in [4.69, 9.17) is 4.74 Å². The summed E-state index contributed by atoms with van der Waals surface area (Å²) in [5.41, 5.74) is 2.40. The zero-order valence-corrected chi connectivity index (χ0v) is 21.2. The number of hydrogen-bond acceptors (Lipinski definition) is 4. The van der Waals surface area contributed by atoms with Crippen LogP contribution < -0.4 is 15.5 Å². The number of aliphatic imine (C=N–C) groups is 1. The number of halogens is 1. The number of morpholine rings is 1. The van der Waals surface area contributed by atoms with E-state index in [1.165, 1.54) is 21.9 Å². The van der Waals surface area contributed by atoms with Crippen molar-refractivity contribution in [3.8, 4) is 0 Å². The van der Waals surface area contributed by atoms with Crippen molar-refractivity contribution in [2.45, 2.75) is 32.5 Å². The first-order chi connectivity index (χ1) is 15.1. The molecule has 1 saturated heterocycles. The predicted molar refractivity (Wildman–Crippen MR) is 143 cm³/mol. The summed E-state index contributed by atoms with van der Waals surface area (Å²) in [6.45, 7) is 7.43. The summed E-state index contributed by atoms with van der Waals surface area (Å²) in [6, 6.07) is 19.3. The third-order valence-corrected chi connectivity index (χ3v) is 5.69. The molecule has 1 aliphatic heterocycles. The van der Waals surface area contributed by atoms with Gasteiger partial charge in [-0.2, -0.15) is 0 Å². The molecule has 7 heteroatoms. The lowest BCUT2D eigenvalue weighted by atomic mass is 10.0. The number of nitrogens with zero attached hydrogens (tertiary/aromatic N) is 3. The fraction of sp³-hybridized carbons (Fsp3) is 0.360. The Labute approximate surface area is 207 Å². The molecule has 0 aliphatic carbocycles. The smallest absolute Gasteiger partial charge is 0.191 e. The van der Waals surface area contributed by atoms with Gasteiger partial charge in [-0.25, -0.2) is 4.98 Å². The molecule has 0 spiro atoms. The summed E-state index contributed by atoms with van der Waals surface area (Å²) in [5, 5.41) is 9.43. The normalized spacial score (nSPS) is 17.5. The van der Waals surface area contributed by atoms with Crippen LogP contribution in [0.2, 0.25) is 0 Å². The monoisotopic (exact) mass is 545 g/mol. The summed E-state index contributed by atoms with van der Waals surface area (Å²) in [4.78, 5) is 11.2. The third kappa shape index (κ3) is 6.10. The summed E-state index contributed by atoms with van der Waals surface area (Å²) in [6.07, 6.45) is 2.11. The molecule has 2 aromatic carbocycles. The number of anilines is 1. The van der Waals surface area contributed by atoms with Crippen LogP contribution in [0.3, 0.4) is 0 Å². The standard InChI is InChI=1S/C25H31N5O.HI/c1-18-17-30(12-13-31-18)24-14-20(10-11-27-24)16-28-25(26-3)29-19(2)22-9-8-21-6-4-5-7-23(21)15-22;/h4-11,14-15,18-19H,12-13,16-17H2,1-3H3,(H2,26,28,29);1H. The molecular formula is C25H32IN5O. The van der Waals surface area contributed by atoms with Crippen molar-refractivity contribution in [1.29, 1.82) is 0 Å². The number of ether oxygens (including phenoxy) is 1. The highest BCUT2D eigenvalue weighted by molar-refractivity contribution is 14.0. The number of fused-ring (bicyclic) bond motifs is 1. The van der Waals surface area contributed by atoms with E-state index in [1.807, 2.05) is 12.3 Å². The molecular weight excluding hydrogens is 513 g/mol. The molecule has 2 unspecified atom stereocenters. The first-order valence-electron chi connectivity index (χ1n) is 10.9. The molecule has 0 bridgehead atoms. The van der Waals surface area contributed by atoms with Gasteiger partial charge in [0.2, 0.25) is 0 Å². The second-order valence-corrected chi connectivity index (χ2v) is 8.05. The lowest BCUT2D eigenvalue weighted by molar-refractivity contribution is 0.0529. The maximum atomic E-state index is 5.64. The largest absolute Gasteiger partial charge is 0.375 e. The average Bonchev–Trinajstić information content (AvgIpc) is 2.81. The molecule has 2 atom stereocenters. The average molecular weight is 545 g/mol. The van der Waals surface area contributed by atoms with Crippen molar-refractivity contribution in [2.24, 2.45) is 4.99 Å². The van der Waals surface area contributed by atoms with Gasteiger partial charge in [-0.1, -0.05) is 36.4 Å². The number of rotatable bonds is 5. The first kappa shape index (κ1) is 24.3. The Morgan fingerprint density at radius 3 is 2.78 bits per heavy atom. The van der Waals surface area contributed by atoms with Crippen molar-refractivity contribution in [3.05, 3.63) is 71.9 Å². The molecule has 0 amide bonds. The van der Waals surface area contributed by atoms with Crippen LogP contribution in [0.5, 0.6) is 0 Å². The van der Waals surface area contributed by atoms with Gasteiger partial charge in [0.15, 0.2) is 5.96 Å². The minimum absolute atomic E-state index is 0. The molecule has 170 valence electrons. The van der Waals surface area contributed by atoms with E-state index in [2.05, 4.69) is 87.9 Å². The van der Waals surface area contributed by atoms with Crippen LogP contribution in [0.25, 0.3) is 10.8 Å². The van der Waals surface area contributed by atoms with E-state index < -0.39 is 0 Å². The van der Waals surface area contributed by atoms with Crippen LogP contribution >= 0.6 is 24.0 Å². The molecule has 3 aromatic rings. The topological polar surface area (TPSA) is 61.8 Å². The second-order valence-electron chi connectivity index (χ2n) is 8.05. The Hall–Kier alpha value is -2.39. The van der Waals surface area contributed by atoms with Crippen LogP contribution in [0.1, 0.15) is 31.0 Å². The third-order valence-electron chi connectivity index (χ3n) is 5.69. The maximum Gasteiger partial charge on any atom is 0.191 e. The van der Waals surface area contributed by atoms with E-state index in [0.29, 0.717) is 6.54 Å². The van der Waals surface area contributed by atoms with Crippen molar-refractivity contribution in [2.75, 3.05) is 31.6 Å². The van der Waals surface area contributed by atoms with Crippen LogP contribution in [-0.4, -0.2) is 43.8 Å². The summed E-state index contributed by atoms with van der Waals surface area (Å²) in [5.74, 6) is 1.78. The van der Waals surface area contributed by atoms with Crippen LogP contribution in [0, 0.1) is 0 Å². The van der Waals surface area contributed by atoms with E-state index in [9.17, 15) is 0 Å². The summed E-state index contributed by atoms with van der Waals surface area (Å²) >= 11 is 0. The molecule has 1 aliphatic rings. The predicted octanol–water partition coefficient (Wildman–Crippen LogP) is 4.50. The van der Waals surface area contributed by atoms with Crippen molar-refractivity contribution in [3.63, 3.8) is 0 Å². The van der Waals surface area contributed by atoms with E-state index in [1.54, 1.807) is 7.05 Å². The Kier molecular flexibility index (Phi) is 8.69. The second kappa shape index (κ2) is 11.5. The number of guanidine groups is 1. The molecule has 6 nitrogen and oxygen atoms in total. The molecule has 2 N–H and O–H groups in total. The molecule has 0 saturated carbocycles. The highest BCUT2D eigenvalue weighted by Crippen LogP contribution is 2.20. The maximum absolute atomic E-state index is 5.64. The summed E-state index contributed by atoms with van der Waals surface area (Å²) in [7, 11) is 1.80. The number of nitrogens with one attached hydrogen (secondary N) is 2. The Balaban J connectivity index is 0.00000289. The number of hydrogen-bond donors (Lipinski definition) is 2. The van der Waals surface area contributed by atoms with E-state index in [-0.39, 0.29) is 36.1 Å². The lowest BCUT2D eigenvalue weighted by Gasteiger charge is -2.32. The highest BCUT2D eigenvalue weighted by atomic mass is 127. The SMILES string of the molecule is CN=C(NCc1ccnc(N2CCOC(C)C2)c1)NC(C)c1ccc2ccccc2c1.I. The molecule has 4 rings (SSSR count). The molecule has 1 aromatic heterocycles. The van der Waals surface area contributed by atoms with Crippen molar-refractivity contribution >= 4 is 46.5 Å². The van der Waals surface area contributed by atoms with Crippen molar-refractivity contribution in [1.82, 2.24) is 15.6 Å². The number of pyridine rings is 1. The van der Waals surface area contributed by atoms with Gasteiger partial charge in [0, 0.05) is 32.9 Å². The quantitative estimate of drug-likeness (QED) is 0.281. The van der Waals surface area contributed by atoms with Gasteiger partial charge >= 0.3 is 0 Å². The number of aromatic nitrogens is 1. The fourth-order valence-electron chi connectivity index (χ4n) is 3.92. The minimum atomic E-state index is 0. The Morgan fingerprint density at radius 2 is 2.00 bits per heavy atom. The van der Waals surface area contributed by atoms with Gasteiger partial charge in [-0.3, -0.25) is 4.99 Å². The first-order valence-corrected chi connectivity index (χ1v) is 10.9. The van der Waals surface area contributed by atoms with Gasteiger partial charge in [-0.15, -0.1) is 24.0 Å². The highest BCUT2D eigenvalue weighted by Gasteiger charge is 2.18. The zero-order chi connectivity index (χ0) is 21.6. The molecule has 32 heavy (non-hydrogen) atoms. The van der Waals surface area contributed by atoms with E-state index >= 15 is 0 Å². The van der Waals surface area contributed by atoms with Crippen LogP contribution in [0.15, 0.2) is 65.8 Å². The van der Waals surface area contributed by atoms with Gasteiger partial charge in [0.05, 0.1) is 18.8 Å². The van der Waals surface area contributed by atoms with E-state index in [0.717, 1.165) is 31.5 Å². The molecule has 1 fully saturated rings. The summed E-state index contributed by atoms with van der Waals surface area (Å²) < 4.78 is 5.64. The Morgan fingerprint density at radius 1 is 1.19 bits per heavy atom.